The predicted molar refractivity (Wildman–Crippen MR) is 85.9 cm³/mol. The van der Waals surface area contributed by atoms with Crippen molar-refractivity contribution in [1.29, 1.82) is 5.26 Å². The van der Waals surface area contributed by atoms with E-state index in [1.54, 1.807) is 23.5 Å². The van der Waals surface area contributed by atoms with Gasteiger partial charge in [-0.2, -0.15) is 5.26 Å². The molecule has 2 aromatic carbocycles. The number of thioether (sulfide) groups is 2. The molecule has 4 heteroatoms. The van der Waals surface area contributed by atoms with Gasteiger partial charge in [0.05, 0.1) is 0 Å². The number of hydrogen-bond donors (Lipinski definition) is 0. The van der Waals surface area contributed by atoms with Crippen molar-refractivity contribution >= 4 is 23.5 Å². The highest BCUT2D eigenvalue weighted by molar-refractivity contribution is 7.99. The molecule has 0 amide bonds. The number of benzene rings is 2. The Labute approximate surface area is 128 Å². The Balaban J connectivity index is 2.28. The van der Waals surface area contributed by atoms with Crippen molar-refractivity contribution in [2.75, 3.05) is 12.0 Å². The van der Waals surface area contributed by atoms with E-state index in [4.69, 9.17) is 4.74 Å². The van der Waals surface area contributed by atoms with Gasteiger partial charge in [-0.1, -0.05) is 13.0 Å². The highest BCUT2D eigenvalue weighted by atomic mass is 32.2. The molecule has 0 N–H and O–H groups in total. The molecule has 2 rings (SSSR count). The third-order valence-electron chi connectivity index (χ3n) is 2.69. The Hall–Kier alpha value is -1.57. The molecule has 0 aliphatic heterocycles. The van der Waals surface area contributed by atoms with Crippen molar-refractivity contribution in [3.8, 4) is 17.6 Å². The number of hydrogen-bond acceptors (Lipinski definition) is 4. The molecule has 0 saturated carbocycles. The molecule has 0 unspecified atom stereocenters. The van der Waals surface area contributed by atoms with Gasteiger partial charge in [0, 0.05) is 9.79 Å². The number of nitrogens with zero attached hydrogens (tertiary/aromatic N) is 1. The Bertz CT molecular complexity index is 617. The van der Waals surface area contributed by atoms with Crippen LogP contribution in [0.1, 0.15) is 12.5 Å². The summed E-state index contributed by atoms with van der Waals surface area (Å²) < 4.78 is 5.84. The highest BCUT2D eigenvalue weighted by Crippen LogP contribution is 2.32. The first-order valence-corrected chi connectivity index (χ1v) is 8.47. The first-order chi connectivity index (χ1) is 9.78. The molecule has 20 heavy (non-hydrogen) atoms. The smallest absolute Gasteiger partial charge is 0.146 e. The van der Waals surface area contributed by atoms with Crippen LogP contribution in [0.3, 0.4) is 0 Å². The molecule has 2 nitrogen and oxygen atoms in total. The third kappa shape index (κ3) is 3.50. The maximum atomic E-state index is 9.34. The zero-order valence-corrected chi connectivity index (χ0v) is 13.1. The van der Waals surface area contributed by atoms with Crippen molar-refractivity contribution in [2.45, 2.75) is 16.7 Å². The average molecular weight is 301 g/mol. The van der Waals surface area contributed by atoms with E-state index in [-0.39, 0.29) is 0 Å². The zero-order chi connectivity index (χ0) is 14.4. The molecule has 2 aromatic rings. The van der Waals surface area contributed by atoms with Crippen LogP contribution in [0, 0.1) is 11.3 Å². The Kier molecular flexibility index (Phi) is 5.40. The lowest BCUT2D eigenvalue weighted by Gasteiger charge is -2.10. The molecule has 0 radical (unpaired) electrons. The SMILES string of the molecule is CCSc1cccc(Oc2ccc(SC)cc2)c1C#N. The molecule has 0 heterocycles. The molecule has 0 aliphatic carbocycles. The van der Waals surface area contributed by atoms with E-state index in [0.29, 0.717) is 11.3 Å². The van der Waals surface area contributed by atoms with Gasteiger partial charge in [-0.15, -0.1) is 23.5 Å². The second-order valence-corrected chi connectivity index (χ2v) is 6.14. The zero-order valence-electron chi connectivity index (χ0n) is 11.4. The quantitative estimate of drug-likeness (QED) is 0.712. The van der Waals surface area contributed by atoms with E-state index in [9.17, 15) is 5.26 Å². The van der Waals surface area contributed by atoms with Crippen LogP contribution >= 0.6 is 23.5 Å². The largest absolute Gasteiger partial charge is 0.456 e. The number of rotatable bonds is 5. The van der Waals surface area contributed by atoms with E-state index in [1.807, 2.05) is 48.7 Å². The Morgan fingerprint density at radius 1 is 1.15 bits per heavy atom. The summed E-state index contributed by atoms with van der Waals surface area (Å²) in [5, 5.41) is 9.34. The van der Waals surface area contributed by atoms with E-state index in [0.717, 1.165) is 16.4 Å². The lowest BCUT2D eigenvalue weighted by atomic mass is 10.2. The number of nitriles is 1. The monoisotopic (exact) mass is 301 g/mol. The van der Waals surface area contributed by atoms with E-state index < -0.39 is 0 Å². The Morgan fingerprint density at radius 2 is 1.90 bits per heavy atom. The summed E-state index contributed by atoms with van der Waals surface area (Å²) in [5.74, 6) is 2.29. The van der Waals surface area contributed by atoms with Gasteiger partial charge in [-0.3, -0.25) is 0 Å². The van der Waals surface area contributed by atoms with Crippen LogP contribution in [0.5, 0.6) is 11.5 Å². The fraction of sp³-hybridized carbons (Fsp3) is 0.188. The van der Waals surface area contributed by atoms with Crippen molar-refractivity contribution in [3.05, 3.63) is 48.0 Å². The molecular formula is C16H15NOS2. The van der Waals surface area contributed by atoms with E-state index in [2.05, 4.69) is 13.0 Å². The average Bonchev–Trinajstić information content (AvgIpc) is 2.49. The summed E-state index contributed by atoms with van der Waals surface area (Å²) in [7, 11) is 0. The van der Waals surface area contributed by atoms with Crippen molar-refractivity contribution in [1.82, 2.24) is 0 Å². The van der Waals surface area contributed by atoms with Gasteiger partial charge in [0.1, 0.15) is 23.1 Å². The molecule has 102 valence electrons. The van der Waals surface area contributed by atoms with Gasteiger partial charge in [0.15, 0.2) is 0 Å². The van der Waals surface area contributed by atoms with Gasteiger partial charge < -0.3 is 4.74 Å². The van der Waals surface area contributed by atoms with Crippen molar-refractivity contribution < 1.29 is 4.74 Å². The minimum atomic E-state index is 0.605. The molecule has 0 bridgehead atoms. The summed E-state index contributed by atoms with van der Waals surface area (Å²) in [4.78, 5) is 2.15. The minimum absolute atomic E-state index is 0.605. The summed E-state index contributed by atoms with van der Waals surface area (Å²) in [6.45, 7) is 2.07. The predicted octanol–water partition coefficient (Wildman–Crippen LogP) is 5.18. The third-order valence-corrected chi connectivity index (χ3v) is 4.37. The second-order valence-electron chi connectivity index (χ2n) is 3.95. The molecule has 0 saturated heterocycles. The first-order valence-electron chi connectivity index (χ1n) is 6.26. The second kappa shape index (κ2) is 7.28. The van der Waals surface area contributed by atoms with Crippen LogP contribution in [0.25, 0.3) is 0 Å². The van der Waals surface area contributed by atoms with Crippen molar-refractivity contribution in [3.63, 3.8) is 0 Å². The van der Waals surface area contributed by atoms with Gasteiger partial charge >= 0.3 is 0 Å². The van der Waals surface area contributed by atoms with Crippen LogP contribution in [-0.2, 0) is 0 Å². The van der Waals surface area contributed by atoms with Crippen LogP contribution < -0.4 is 4.74 Å². The fourth-order valence-electron chi connectivity index (χ4n) is 1.75. The molecule has 0 spiro atoms. The summed E-state index contributed by atoms with van der Waals surface area (Å²) in [5.41, 5.74) is 0.605. The van der Waals surface area contributed by atoms with Crippen LogP contribution in [-0.4, -0.2) is 12.0 Å². The molecule has 0 aliphatic rings. The topological polar surface area (TPSA) is 33.0 Å². The summed E-state index contributed by atoms with van der Waals surface area (Å²) in [6.07, 6.45) is 2.04. The van der Waals surface area contributed by atoms with Gasteiger partial charge in [0.25, 0.3) is 0 Å². The highest BCUT2D eigenvalue weighted by Gasteiger charge is 2.10. The molecule has 0 aromatic heterocycles. The lowest BCUT2D eigenvalue weighted by Crippen LogP contribution is -1.90. The van der Waals surface area contributed by atoms with Gasteiger partial charge in [-0.05, 0) is 48.4 Å². The maximum Gasteiger partial charge on any atom is 0.146 e. The van der Waals surface area contributed by atoms with Crippen LogP contribution in [0.4, 0.5) is 0 Å². The first kappa shape index (κ1) is 14.8. The summed E-state index contributed by atoms with van der Waals surface area (Å²) >= 11 is 3.34. The fourth-order valence-corrected chi connectivity index (χ4v) is 2.94. The van der Waals surface area contributed by atoms with Crippen molar-refractivity contribution in [2.24, 2.45) is 0 Å². The van der Waals surface area contributed by atoms with Gasteiger partial charge in [0.2, 0.25) is 0 Å². The molecule has 0 fully saturated rings. The van der Waals surface area contributed by atoms with E-state index in [1.165, 1.54) is 4.90 Å². The standard InChI is InChI=1S/C16H15NOS2/c1-3-20-16-6-4-5-15(14(16)11-17)18-12-7-9-13(19-2)10-8-12/h4-10H,3H2,1-2H3. The normalized spacial score (nSPS) is 10.1. The minimum Gasteiger partial charge on any atom is -0.456 e. The summed E-state index contributed by atoms with van der Waals surface area (Å²) in [6, 6.07) is 15.8. The van der Waals surface area contributed by atoms with Crippen LogP contribution in [0.2, 0.25) is 0 Å². The molecule has 0 atom stereocenters. The van der Waals surface area contributed by atoms with E-state index >= 15 is 0 Å². The van der Waals surface area contributed by atoms with Crippen LogP contribution in [0.15, 0.2) is 52.3 Å². The molecular weight excluding hydrogens is 286 g/mol. The Morgan fingerprint density at radius 3 is 2.50 bits per heavy atom. The maximum absolute atomic E-state index is 9.34. The number of ether oxygens (including phenoxy) is 1. The van der Waals surface area contributed by atoms with Gasteiger partial charge in [-0.25, -0.2) is 0 Å². The lowest BCUT2D eigenvalue weighted by molar-refractivity contribution is 0.479.